The first-order valence-corrected chi connectivity index (χ1v) is 12.3. The van der Waals surface area contributed by atoms with Gasteiger partial charge in [-0.1, -0.05) is 56.7 Å². The standard InChI is InChI=1S/C29H34N2O4/c1-5-26(28(32)30-18-24-7-6-16-34-24)35-23-13-12-21-14-15-31(29(33)19(2)3)27(25(21)17-23)22-10-8-20(4)9-11-22/h6-13,16-17,19,26-27H,5,14-15,18H2,1-4H3,(H,30,32). The van der Waals surface area contributed by atoms with Crippen LogP contribution in [0.15, 0.2) is 65.3 Å². The molecule has 0 spiro atoms. The van der Waals surface area contributed by atoms with Gasteiger partial charge in [0.2, 0.25) is 5.91 Å². The zero-order chi connectivity index (χ0) is 24.9. The van der Waals surface area contributed by atoms with E-state index in [1.165, 1.54) is 11.1 Å². The summed E-state index contributed by atoms with van der Waals surface area (Å²) in [6.45, 7) is 8.86. The Morgan fingerprint density at radius 2 is 1.91 bits per heavy atom. The monoisotopic (exact) mass is 474 g/mol. The number of rotatable bonds is 8. The molecule has 184 valence electrons. The molecule has 1 aromatic heterocycles. The molecule has 1 aliphatic rings. The normalized spacial score (nSPS) is 16.0. The molecule has 1 aliphatic heterocycles. The van der Waals surface area contributed by atoms with E-state index in [0.717, 1.165) is 17.5 Å². The minimum Gasteiger partial charge on any atom is -0.481 e. The molecule has 2 aromatic carbocycles. The second kappa shape index (κ2) is 10.8. The van der Waals surface area contributed by atoms with E-state index in [-0.39, 0.29) is 23.8 Å². The number of amides is 2. The summed E-state index contributed by atoms with van der Waals surface area (Å²) in [5.74, 6) is 1.17. The molecule has 1 N–H and O–H groups in total. The van der Waals surface area contributed by atoms with Gasteiger partial charge in [0.05, 0.1) is 18.8 Å². The van der Waals surface area contributed by atoms with Crippen molar-refractivity contribution in [2.45, 2.75) is 59.2 Å². The van der Waals surface area contributed by atoms with E-state index >= 15 is 0 Å². The van der Waals surface area contributed by atoms with Crippen molar-refractivity contribution in [3.05, 3.63) is 88.9 Å². The van der Waals surface area contributed by atoms with Gasteiger partial charge in [-0.15, -0.1) is 0 Å². The Morgan fingerprint density at radius 1 is 1.14 bits per heavy atom. The van der Waals surface area contributed by atoms with Gasteiger partial charge in [0, 0.05) is 12.5 Å². The predicted octanol–water partition coefficient (Wildman–Crippen LogP) is 5.19. The lowest BCUT2D eigenvalue weighted by Gasteiger charge is -2.39. The van der Waals surface area contributed by atoms with Crippen molar-refractivity contribution in [2.75, 3.05) is 6.54 Å². The van der Waals surface area contributed by atoms with Crippen molar-refractivity contribution in [3.63, 3.8) is 0 Å². The SMILES string of the molecule is CCC(Oc1ccc2c(c1)C(c1ccc(C)cc1)N(C(=O)C(C)C)CC2)C(=O)NCc1ccco1. The van der Waals surface area contributed by atoms with E-state index in [0.29, 0.717) is 31.0 Å². The highest BCUT2D eigenvalue weighted by molar-refractivity contribution is 5.81. The maximum Gasteiger partial charge on any atom is 0.261 e. The van der Waals surface area contributed by atoms with E-state index in [9.17, 15) is 9.59 Å². The van der Waals surface area contributed by atoms with Crippen LogP contribution in [0.2, 0.25) is 0 Å². The van der Waals surface area contributed by atoms with Crippen molar-refractivity contribution in [2.24, 2.45) is 5.92 Å². The van der Waals surface area contributed by atoms with Crippen molar-refractivity contribution < 1.29 is 18.7 Å². The molecule has 0 saturated heterocycles. The quantitative estimate of drug-likeness (QED) is 0.488. The third-order valence-electron chi connectivity index (χ3n) is 6.47. The number of aryl methyl sites for hydroxylation is 1. The summed E-state index contributed by atoms with van der Waals surface area (Å²) in [5, 5.41) is 2.88. The van der Waals surface area contributed by atoms with E-state index in [1.807, 2.05) is 43.9 Å². The maximum absolute atomic E-state index is 13.2. The highest BCUT2D eigenvalue weighted by atomic mass is 16.5. The average molecular weight is 475 g/mol. The predicted molar refractivity (Wildman–Crippen MR) is 135 cm³/mol. The number of fused-ring (bicyclic) bond motifs is 1. The minimum absolute atomic E-state index is 0.0914. The lowest BCUT2D eigenvalue weighted by molar-refractivity contribution is -0.136. The first-order chi connectivity index (χ1) is 16.9. The minimum atomic E-state index is -0.627. The zero-order valence-electron chi connectivity index (χ0n) is 20.9. The zero-order valence-corrected chi connectivity index (χ0v) is 20.9. The lowest BCUT2D eigenvalue weighted by atomic mass is 9.87. The van der Waals surface area contributed by atoms with Crippen molar-refractivity contribution in [1.29, 1.82) is 0 Å². The third-order valence-corrected chi connectivity index (χ3v) is 6.47. The fourth-order valence-corrected chi connectivity index (χ4v) is 4.53. The number of carbonyl (C=O) groups excluding carboxylic acids is 2. The van der Waals surface area contributed by atoms with Crippen LogP contribution >= 0.6 is 0 Å². The molecule has 0 saturated carbocycles. The Kier molecular flexibility index (Phi) is 7.59. The van der Waals surface area contributed by atoms with Gasteiger partial charge in [-0.2, -0.15) is 0 Å². The molecule has 2 amide bonds. The fourth-order valence-electron chi connectivity index (χ4n) is 4.53. The number of carbonyl (C=O) groups is 2. The second-order valence-electron chi connectivity index (χ2n) is 9.42. The number of hydrogen-bond donors (Lipinski definition) is 1. The summed E-state index contributed by atoms with van der Waals surface area (Å²) in [7, 11) is 0. The Morgan fingerprint density at radius 3 is 2.57 bits per heavy atom. The molecular weight excluding hydrogens is 440 g/mol. The first kappa shape index (κ1) is 24.6. The van der Waals surface area contributed by atoms with Crippen LogP contribution < -0.4 is 10.1 Å². The summed E-state index contributed by atoms with van der Waals surface area (Å²) in [4.78, 5) is 27.9. The Balaban J connectivity index is 1.60. The van der Waals surface area contributed by atoms with Gasteiger partial charge in [0.25, 0.3) is 5.91 Å². The molecule has 2 heterocycles. The smallest absolute Gasteiger partial charge is 0.261 e. The highest BCUT2D eigenvalue weighted by Crippen LogP contribution is 2.38. The molecule has 2 atom stereocenters. The van der Waals surface area contributed by atoms with Gasteiger partial charge in [-0.05, 0) is 60.7 Å². The largest absolute Gasteiger partial charge is 0.481 e. The van der Waals surface area contributed by atoms with Crippen molar-refractivity contribution in [3.8, 4) is 5.75 Å². The van der Waals surface area contributed by atoms with E-state index < -0.39 is 6.10 Å². The van der Waals surface area contributed by atoms with Gasteiger partial charge >= 0.3 is 0 Å². The summed E-state index contributed by atoms with van der Waals surface area (Å²) < 4.78 is 11.5. The molecule has 4 rings (SSSR count). The number of nitrogens with zero attached hydrogens (tertiary/aromatic N) is 1. The average Bonchev–Trinajstić information content (AvgIpc) is 3.39. The van der Waals surface area contributed by atoms with Gasteiger partial charge < -0.3 is 19.4 Å². The number of furan rings is 1. The third kappa shape index (κ3) is 5.59. The number of nitrogens with one attached hydrogen (secondary N) is 1. The van der Waals surface area contributed by atoms with Crippen LogP contribution in [0.3, 0.4) is 0 Å². The first-order valence-electron chi connectivity index (χ1n) is 12.3. The van der Waals surface area contributed by atoms with Crippen LogP contribution in [0.25, 0.3) is 0 Å². The van der Waals surface area contributed by atoms with Gasteiger partial charge in [0.1, 0.15) is 11.5 Å². The summed E-state index contributed by atoms with van der Waals surface area (Å²) in [6.07, 6.45) is 2.27. The fraction of sp³-hybridized carbons (Fsp3) is 0.379. The Hall–Kier alpha value is -3.54. The molecule has 6 nitrogen and oxygen atoms in total. The van der Waals surface area contributed by atoms with Gasteiger partial charge in [0.15, 0.2) is 6.10 Å². The van der Waals surface area contributed by atoms with Crippen molar-refractivity contribution >= 4 is 11.8 Å². The van der Waals surface area contributed by atoms with Crippen LogP contribution in [0, 0.1) is 12.8 Å². The topological polar surface area (TPSA) is 71.8 Å². The van der Waals surface area contributed by atoms with Gasteiger partial charge in [-0.25, -0.2) is 0 Å². The highest BCUT2D eigenvalue weighted by Gasteiger charge is 2.33. The molecule has 6 heteroatoms. The van der Waals surface area contributed by atoms with Crippen molar-refractivity contribution in [1.82, 2.24) is 10.2 Å². The van der Waals surface area contributed by atoms with Crippen LogP contribution in [0.4, 0.5) is 0 Å². The number of hydrogen-bond acceptors (Lipinski definition) is 4. The van der Waals surface area contributed by atoms with Crippen LogP contribution in [-0.2, 0) is 22.6 Å². The summed E-state index contributed by atoms with van der Waals surface area (Å²) in [5.41, 5.74) is 4.50. The van der Waals surface area contributed by atoms with E-state index in [2.05, 4.69) is 42.6 Å². The number of benzene rings is 2. The number of ether oxygens (including phenoxy) is 1. The molecule has 0 radical (unpaired) electrons. The molecule has 2 unspecified atom stereocenters. The van der Waals surface area contributed by atoms with Crippen LogP contribution in [0.5, 0.6) is 5.75 Å². The van der Waals surface area contributed by atoms with E-state index in [4.69, 9.17) is 9.15 Å². The summed E-state index contributed by atoms with van der Waals surface area (Å²) >= 11 is 0. The summed E-state index contributed by atoms with van der Waals surface area (Å²) in [6, 6.07) is 17.8. The molecule has 0 bridgehead atoms. The maximum atomic E-state index is 13.2. The molecule has 3 aromatic rings. The van der Waals surface area contributed by atoms with Crippen LogP contribution in [-0.4, -0.2) is 29.4 Å². The molecular formula is C29H34N2O4. The molecule has 0 aliphatic carbocycles. The molecule has 35 heavy (non-hydrogen) atoms. The lowest BCUT2D eigenvalue weighted by Crippen LogP contribution is -2.42. The van der Waals surface area contributed by atoms with Gasteiger partial charge in [-0.3, -0.25) is 9.59 Å². The second-order valence-corrected chi connectivity index (χ2v) is 9.42. The van der Waals surface area contributed by atoms with Crippen LogP contribution in [0.1, 0.15) is 61.2 Å². The van der Waals surface area contributed by atoms with E-state index in [1.54, 1.807) is 12.3 Å². The Labute approximate surface area is 207 Å². The Bertz CT molecular complexity index is 1150. The molecule has 0 fully saturated rings.